The lowest BCUT2D eigenvalue weighted by atomic mass is 10.0. The van der Waals surface area contributed by atoms with Crippen LogP contribution < -0.4 is 14.4 Å². The topological polar surface area (TPSA) is 88.5 Å². The van der Waals surface area contributed by atoms with Crippen molar-refractivity contribution in [3.63, 3.8) is 0 Å². The van der Waals surface area contributed by atoms with Gasteiger partial charge in [0.15, 0.2) is 6.10 Å². The lowest BCUT2D eigenvalue weighted by molar-refractivity contribution is -0.158. The molecule has 0 aliphatic carbocycles. The normalized spacial score (nSPS) is 18.7. The van der Waals surface area contributed by atoms with E-state index in [1.54, 1.807) is 55.6 Å². The molecule has 0 aromatic heterocycles. The summed E-state index contributed by atoms with van der Waals surface area (Å²) in [5.41, 5.74) is 1.22. The summed E-state index contributed by atoms with van der Waals surface area (Å²) in [6.45, 7) is 1.65. The van der Waals surface area contributed by atoms with Crippen molar-refractivity contribution in [2.75, 3.05) is 32.1 Å². The number of carbonyl (C=O) groups excluding carboxylic acids is 2. The molecule has 1 heterocycles. The number of benzene rings is 2. The fourth-order valence-corrected chi connectivity index (χ4v) is 3.18. The van der Waals surface area contributed by atoms with Crippen molar-refractivity contribution in [1.29, 1.82) is 0 Å². The molecule has 154 valence electrons. The van der Waals surface area contributed by atoms with Gasteiger partial charge in [0.1, 0.15) is 11.5 Å². The number of methoxy groups -OCH3 is 1. The molecule has 0 saturated carbocycles. The second kappa shape index (κ2) is 8.93. The zero-order valence-corrected chi connectivity index (χ0v) is 16.6. The van der Waals surface area contributed by atoms with Crippen LogP contribution in [0.15, 0.2) is 48.5 Å². The highest BCUT2D eigenvalue weighted by Crippen LogP contribution is 2.39. The minimum absolute atomic E-state index is 0.194. The van der Waals surface area contributed by atoms with Crippen LogP contribution in [0.25, 0.3) is 0 Å². The molecule has 2 unspecified atom stereocenters. The maximum absolute atomic E-state index is 13.4. The summed E-state index contributed by atoms with van der Waals surface area (Å²) >= 11 is 0. The third-order valence-corrected chi connectivity index (χ3v) is 4.58. The number of ether oxygens (including phenoxy) is 3. The summed E-state index contributed by atoms with van der Waals surface area (Å²) in [4.78, 5) is 26.7. The first-order valence-electron chi connectivity index (χ1n) is 9.19. The van der Waals surface area contributed by atoms with Gasteiger partial charge in [-0.05, 0) is 29.8 Å². The Morgan fingerprint density at radius 1 is 1.21 bits per heavy atom. The highest BCUT2D eigenvalue weighted by Gasteiger charge is 2.41. The minimum Gasteiger partial charge on any atom is -0.497 e. The number of hydrogen-bond acceptors (Lipinski definition) is 7. The predicted molar refractivity (Wildman–Crippen MR) is 105 cm³/mol. The summed E-state index contributed by atoms with van der Waals surface area (Å²) in [5.74, 6) is 0.131. The molecule has 2 aromatic carbocycles. The molecular formula is C21H24N2O6. The van der Waals surface area contributed by atoms with Crippen LogP contribution in [0.5, 0.6) is 11.5 Å². The second-order valence-electron chi connectivity index (χ2n) is 6.68. The maximum atomic E-state index is 13.4. The smallest absolute Gasteiger partial charge is 0.303 e. The van der Waals surface area contributed by atoms with E-state index in [-0.39, 0.29) is 13.1 Å². The number of carbonyl (C=O) groups is 2. The molecule has 1 aliphatic rings. The van der Waals surface area contributed by atoms with E-state index in [1.165, 1.54) is 18.9 Å². The molecule has 1 N–H and O–H groups in total. The SMILES string of the molecule is COc1ccc(C2Oc3ccccc3N(CCN(C)O)C(=O)C2OC(C)=O)cc1. The lowest BCUT2D eigenvalue weighted by Gasteiger charge is -2.27. The zero-order chi connectivity index (χ0) is 21.0. The van der Waals surface area contributed by atoms with Gasteiger partial charge in [0.25, 0.3) is 5.91 Å². The van der Waals surface area contributed by atoms with Crippen molar-refractivity contribution in [3.8, 4) is 11.5 Å². The quantitative estimate of drug-likeness (QED) is 0.588. The number of hydroxylamine groups is 2. The first kappa shape index (κ1) is 20.6. The third-order valence-electron chi connectivity index (χ3n) is 4.58. The summed E-state index contributed by atoms with van der Waals surface area (Å²) < 4.78 is 16.8. The van der Waals surface area contributed by atoms with Crippen LogP contribution >= 0.6 is 0 Å². The minimum atomic E-state index is -1.18. The van der Waals surface area contributed by atoms with Gasteiger partial charge in [-0.15, -0.1) is 0 Å². The molecule has 0 fully saturated rings. The van der Waals surface area contributed by atoms with Crippen LogP contribution in [0.4, 0.5) is 5.69 Å². The Hall–Kier alpha value is -3.10. The fourth-order valence-electron chi connectivity index (χ4n) is 3.18. The van der Waals surface area contributed by atoms with Gasteiger partial charge in [-0.25, -0.2) is 0 Å². The van der Waals surface area contributed by atoms with Gasteiger partial charge in [-0.2, -0.15) is 5.06 Å². The Morgan fingerprint density at radius 3 is 2.52 bits per heavy atom. The van der Waals surface area contributed by atoms with Gasteiger partial charge in [-0.1, -0.05) is 24.3 Å². The van der Waals surface area contributed by atoms with Crippen LogP contribution in [-0.2, 0) is 14.3 Å². The summed E-state index contributed by atoms with van der Waals surface area (Å²) in [6.07, 6.45) is -2.02. The molecule has 0 radical (unpaired) electrons. The average molecular weight is 400 g/mol. The van der Waals surface area contributed by atoms with Crippen LogP contribution in [0.2, 0.25) is 0 Å². The maximum Gasteiger partial charge on any atom is 0.303 e. The van der Waals surface area contributed by atoms with Crippen molar-refractivity contribution >= 4 is 17.6 Å². The number of nitrogens with zero attached hydrogens (tertiary/aromatic N) is 2. The molecule has 1 aliphatic heterocycles. The van der Waals surface area contributed by atoms with Gasteiger partial charge in [0.05, 0.1) is 12.8 Å². The predicted octanol–water partition coefficient (Wildman–Crippen LogP) is 2.41. The van der Waals surface area contributed by atoms with E-state index in [0.717, 1.165) is 5.06 Å². The van der Waals surface area contributed by atoms with Gasteiger partial charge in [-0.3, -0.25) is 9.59 Å². The largest absolute Gasteiger partial charge is 0.497 e. The number of anilines is 1. The summed E-state index contributed by atoms with van der Waals surface area (Å²) in [6, 6.07) is 14.2. The summed E-state index contributed by atoms with van der Waals surface area (Å²) in [5, 5.41) is 10.5. The lowest BCUT2D eigenvalue weighted by Crippen LogP contribution is -2.46. The first-order valence-corrected chi connectivity index (χ1v) is 9.19. The van der Waals surface area contributed by atoms with Crippen LogP contribution in [-0.4, -0.2) is 55.5 Å². The Morgan fingerprint density at radius 2 is 1.90 bits per heavy atom. The van der Waals surface area contributed by atoms with Crippen molar-refractivity contribution in [2.45, 2.75) is 19.1 Å². The van der Waals surface area contributed by atoms with E-state index >= 15 is 0 Å². The Kier molecular flexibility index (Phi) is 6.36. The second-order valence-corrected chi connectivity index (χ2v) is 6.68. The molecular weight excluding hydrogens is 376 g/mol. The Labute approximate surface area is 169 Å². The van der Waals surface area contributed by atoms with Gasteiger partial charge >= 0.3 is 5.97 Å². The number of amides is 1. The molecule has 29 heavy (non-hydrogen) atoms. The van der Waals surface area contributed by atoms with Gasteiger partial charge in [0.2, 0.25) is 6.10 Å². The number of rotatable bonds is 6. The standard InChI is InChI=1S/C21H24N2O6/c1-14(24)28-20-19(15-8-10-16(27-3)11-9-15)29-18-7-5-4-6-17(18)23(21(20)25)13-12-22(2)26/h4-11,19-20,26H,12-13H2,1-3H3. The van der Waals surface area contributed by atoms with Gasteiger partial charge in [0, 0.05) is 27.1 Å². The van der Waals surface area contributed by atoms with Crippen molar-refractivity contribution in [1.82, 2.24) is 5.06 Å². The van der Waals surface area contributed by atoms with Crippen molar-refractivity contribution < 1.29 is 29.0 Å². The monoisotopic (exact) mass is 400 g/mol. The average Bonchev–Trinajstić information content (AvgIpc) is 2.81. The van der Waals surface area contributed by atoms with Crippen molar-refractivity contribution in [3.05, 3.63) is 54.1 Å². The Balaban J connectivity index is 2.06. The third kappa shape index (κ3) is 4.67. The Bertz CT molecular complexity index is 868. The molecule has 8 nitrogen and oxygen atoms in total. The highest BCUT2D eigenvalue weighted by atomic mass is 16.6. The number of esters is 1. The molecule has 0 bridgehead atoms. The molecule has 1 amide bonds. The number of fused-ring (bicyclic) bond motifs is 1. The summed E-state index contributed by atoms with van der Waals surface area (Å²) in [7, 11) is 3.06. The molecule has 0 saturated heterocycles. The molecule has 3 rings (SSSR count). The van der Waals surface area contributed by atoms with E-state index in [0.29, 0.717) is 22.7 Å². The molecule has 2 aromatic rings. The van der Waals surface area contributed by atoms with E-state index in [4.69, 9.17) is 14.2 Å². The van der Waals surface area contributed by atoms with Gasteiger partial charge < -0.3 is 24.3 Å². The fraction of sp³-hybridized carbons (Fsp3) is 0.333. The molecule has 8 heteroatoms. The van der Waals surface area contributed by atoms with Crippen LogP contribution in [0.3, 0.4) is 0 Å². The van der Waals surface area contributed by atoms with Crippen LogP contribution in [0, 0.1) is 0 Å². The number of para-hydroxylation sites is 2. The van der Waals surface area contributed by atoms with E-state index in [2.05, 4.69) is 0 Å². The van der Waals surface area contributed by atoms with E-state index in [1.807, 2.05) is 0 Å². The highest BCUT2D eigenvalue weighted by molar-refractivity contribution is 6.00. The zero-order valence-electron chi connectivity index (χ0n) is 16.6. The molecule has 0 spiro atoms. The molecule has 2 atom stereocenters. The first-order chi connectivity index (χ1) is 13.9. The number of hydrogen-bond donors (Lipinski definition) is 1. The van der Waals surface area contributed by atoms with E-state index in [9.17, 15) is 14.8 Å². The number of likely N-dealkylation sites (N-methyl/N-ethyl adjacent to an activating group) is 1. The van der Waals surface area contributed by atoms with E-state index < -0.39 is 24.1 Å². The van der Waals surface area contributed by atoms with Crippen molar-refractivity contribution in [2.24, 2.45) is 0 Å². The van der Waals surface area contributed by atoms with Crippen LogP contribution in [0.1, 0.15) is 18.6 Å².